The minimum Gasteiger partial charge on any atom is -0.329 e. The van der Waals surface area contributed by atoms with Crippen molar-refractivity contribution in [3.05, 3.63) is 0 Å². The summed E-state index contributed by atoms with van der Waals surface area (Å²) in [6, 6.07) is 0. The van der Waals surface area contributed by atoms with Crippen molar-refractivity contribution in [2.24, 2.45) is 0 Å². The maximum Gasteiger partial charge on any atom is 0.303 e. The highest BCUT2D eigenvalue weighted by atomic mass is 28.4. The van der Waals surface area contributed by atoms with Gasteiger partial charge in [0.2, 0.25) is 8.32 Å². The van der Waals surface area contributed by atoms with Crippen molar-refractivity contribution < 1.29 is 23.7 Å². The average Bonchev–Trinajstić information content (AvgIpc) is 2.02. The first-order valence-electron chi connectivity index (χ1n) is 3.73. The monoisotopic (exact) mass is 194 g/mol. The molecule has 0 atom stereocenters. The van der Waals surface area contributed by atoms with Gasteiger partial charge in [-0.3, -0.25) is 4.58 Å². The topological polar surface area (TPSA) is 46.2 Å². The van der Waals surface area contributed by atoms with E-state index in [2.05, 4.69) is 0 Å². The van der Waals surface area contributed by atoms with Gasteiger partial charge in [-0.25, -0.2) is 0 Å². The predicted molar refractivity (Wildman–Crippen MR) is 42.3 cm³/mol. The van der Waals surface area contributed by atoms with E-state index in [4.69, 9.17) is 23.7 Å². The SMILES string of the molecule is C[Si](C)(C)OOC1OCOCO1. The molecular formula is C6H14O5Si. The van der Waals surface area contributed by atoms with E-state index >= 15 is 0 Å². The Balaban J connectivity index is 2.13. The summed E-state index contributed by atoms with van der Waals surface area (Å²) in [4.78, 5) is 4.88. The van der Waals surface area contributed by atoms with Crippen LogP contribution in [0.15, 0.2) is 0 Å². The molecule has 1 fully saturated rings. The van der Waals surface area contributed by atoms with E-state index in [1.807, 2.05) is 19.6 Å². The van der Waals surface area contributed by atoms with Crippen LogP contribution < -0.4 is 0 Å². The summed E-state index contributed by atoms with van der Waals surface area (Å²) >= 11 is 0. The maximum atomic E-state index is 5.10. The number of hydrogen-bond donors (Lipinski definition) is 0. The summed E-state index contributed by atoms with van der Waals surface area (Å²) in [5, 5.41) is 0. The quantitative estimate of drug-likeness (QED) is 0.381. The lowest BCUT2D eigenvalue weighted by Gasteiger charge is -2.24. The molecule has 0 aliphatic carbocycles. The molecule has 72 valence electrons. The van der Waals surface area contributed by atoms with Gasteiger partial charge in [0.25, 0.3) is 0 Å². The van der Waals surface area contributed by atoms with Gasteiger partial charge in [0, 0.05) is 0 Å². The van der Waals surface area contributed by atoms with Crippen LogP contribution in [0.1, 0.15) is 0 Å². The summed E-state index contributed by atoms with van der Waals surface area (Å²) in [6.07, 6.45) is 0. The average molecular weight is 194 g/mol. The van der Waals surface area contributed by atoms with Crippen molar-refractivity contribution in [3.8, 4) is 0 Å². The van der Waals surface area contributed by atoms with Crippen LogP contribution in [-0.2, 0) is 23.7 Å². The molecule has 0 aromatic heterocycles. The van der Waals surface area contributed by atoms with Crippen LogP contribution in [0.2, 0.25) is 19.6 Å². The molecule has 1 aliphatic heterocycles. The molecule has 0 radical (unpaired) electrons. The van der Waals surface area contributed by atoms with Crippen LogP contribution in [0, 0.1) is 0 Å². The second-order valence-electron chi connectivity index (χ2n) is 3.35. The van der Waals surface area contributed by atoms with Crippen LogP contribution in [0.25, 0.3) is 0 Å². The summed E-state index contributed by atoms with van der Waals surface area (Å²) in [5.41, 5.74) is 0. The van der Waals surface area contributed by atoms with Gasteiger partial charge in [0.15, 0.2) is 13.6 Å². The zero-order valence-electron chi connectivity index (χ0n) is 7.53. The van der Waals surface area contributed by atoms with Crippen molar-refractivity contribution in [1.82, 2.24) is 0 Å². The highest BCUT2D eigenvalue weighted by Crippen LogP contribution is 2.09. The molecule has 1 saturated heterocycles. The van der Waals surface area contributed by atoms with Gasteiger partial charge >= 0.3 is 6.48 Å². The van der Waals surface area contributed by atoms with Crippen LogP contribution in [0.3, 0.4) is 0 Å². The minimum absolute atomic E-state index is 0.180. The molecule has 0 amide bonds. The Kier molecular flexibility index (Phi) is 3.63. The first-order chi connectivity index (χ1) is 5.58. The van der Waals surface area contributed by atoms with Crippen molar-refractivity contribution in [2.45, 2.75) is 26.1 Å². The van der Waals surface area contributed by atoms with Crippen LogP contribution >= 0.6 is 0 Å². The smallest absolute Gasteiger partial charge is 0.303 e. The molecule has 12 heavy (non-hydrogen) atoms. The summed E-state index contributed by atoms with van der Waals surface area (Å²) < 4.78 is 19.7. The highest BCUT2D eigenvalue weighted by molar-refractivity contribution is 6.69. The summed E-state index contributed by atoms with van der Waals surface area (Å²) in [7, 11) is -1.66. The van der Waals surface area contributed by atoms with E-state index in [9.17, 15) is 0 Å². The van der Waals surface area contributed by atoms with Crippen molar-refractivity contribution in [2.75, 3.05) is 13.6 Å². The zero-order chi connectivity index (χ0) is 9.03. The standard InChI is InChI=1S/C6H14O5Si/c1-12(2,3)11-10-6-8-4-7-5-9-6/h6H,4-5H2,1-3H3. The Morgan fingerprint density at radius 1 is 1.17 bits per heavy atom. The fourth-order valence-corrected chi connectivity index (χ4v) is 0.896. The van der Waals surface area contributed by atoms with E-state index in [-0.39, 0.29) is 13.6 Å². The lowest BCUT2D eigenvalue weighted by molar-refractivity contribution is -0.459. The van der Waals surface area contributed by atoms with Gasteiger partial charge in [-0.15, -0.1) is 0 Å². The van der Waals surface area contributed by atoms with Crippen LogP contribution in [0.4, 0.5) is 0 Å². The molecule has 1 rings (SSSR count). The Hall–Kier alpha value is 0.0169. The van der Waals surface area contributed by atoms with Crippen LogP contribution in [0.5, 0.6) is 0 Å². The molecule has 1 heterocycles. The van der Waals surface area contributed by atoms with E-state index in [0.717, 1.165) is 0 Å². The summed E-state index contributed by atoms with van der Waals surface area (Å²) in [6.45, 7) is 5.63. The molecule has 0 spiro atoms. The van der Waals surface area contributed by atoms with Gasteiger partial charge in [-0.05, 0) is 19.6 Å². The molecular weight excluding hydrogens is 180 g/mol. The molecule has 0 aromatic rings. The Bertz CT molecular complexity index is 128. The molecule has 0 bridgehead atoms. The maximum absolute atomic E-state index is 5.10. The molecule has 0 aromatic carbocycles. The Morgan fingerprint density at radius 3 is 2.25 bits per heavy atom. The fraction of sp³-hybridized carbons (Fsp3) is 1.00. The van der Waals surface area contributed by atoms with Gasteiger partial charge in [-0.2, -0.15) is 4.89 Å². The normalized spacial score (nSPS) is 21.2. The Morgan fingerprint density at radius 2 is 1.75 bits per heavy atom. The third kappa shape index (κ3) is 4.15. The van der Waals surface area contributed by atoms with Crippen LogP contribution in [-0.4, -0.2) is 28.4 Å². The second-order valence-corrected chi connectivity index (χ2v) is 7.75. The molecule has 1 aliphatic rings. The minimum atomic E-state index is -1.66. The lowest BCUT2D eigenvalue weighted by atomic mass is 11.1. The number of hydrogen-bond acceptors (Lipinski definition) is 5. The van der Waals surface area contributed by atoms with E-state index in [0.29, 0.717) is 0 Å². The summed E-state index contributed by atoms with van der Waals surface area (Å²) in [5.74, 6) is 0. The molecule has 0 saturated carbocycles. The zero-order valence-corrected chi connectivity index (χ0v) is 8.53. The third-order valence-corrected chi connectivity index (χ3v) is 1.55. The van der Waals surface area contributed by atoms with Gasteiger partial charge in [0.05, 0.1) is 0 Å². The fourth-order valence-electron chi connectivity index (χ4n) is 0.529. The second kappa shape index (κ2) is 4.31. The number of rotatable bonds is 3. The first-order valence-corrected chi connectivity index (χ1v) is 7.14. The molecule has 5 nitrogen and oxygen atoms in total. The van der Waals surface area contributed by atoms with Gasteiger partial charge in [0.1, 0.15) is 0 Å². The highest BCUT2D eigenvalue weighted by Gasteiger charge is 2.22. The van der Waals surface area contributed by atoms with E-state index in [1.54, 1.807) is 0 Å². The van der Waals surface area contributed by atoms with E-state index < -0.39 is 14.8 Å². The van der Waals surface area contributed by atoms with Crippen molar-refractivity contribution in [3.63, 3.8) is 0 Å². The Labute approximate surface area is 72.6 Å². The largest absolute Gasteiger partial charge is 0.329 e. The number of ether oxygens (including phenoxy) is 3. The van der Waals surface area contributed by atoms with Crippen molar-refractivity contribution in [1.29, 1.82) is 0 Å². The first kappa shape index (κ1) is 10.1. The predicted octanol–water partition coefficient (Wildman–Crippen LogP) is 1.03. The third-order valence-electron chi connectivity index (χ3n) is 0.952. The molecule has 6 heteroatoms. The van der Waals surface area contributed by atoms with Gasteiger partial charge in [-0.1, -0.05) is 0 Å². The molecule has 0 unspecified atom stereocenters. The molecule has 0 N–H and O–H groups in total. The lowest BCUT2D eigenvalue weighted by Crippen LogP contribution is -2.34. The van der Waals surface area contributed by atoms with Crippen molar-refractivity contribution >= 4 is 8.32 Å². The van der Waals surface area contributed by atoms with E-state index in [1.165, 1.54) is 0 Å². The van der Waals surface area contributed by atoms with Gasteiger partial charge < -0.3 is 14.2 Å².